The number of rotatable bonds is 3. The van der Waals surface area contributed by atoms with Gasteiger partial charge in [-0.15, -0.1) is 5.10 Å². The van der Waals surface area contributed by atoms with E-state index in [0.717, 1.165) is 5.69 Å². The summed E-state index contributed by atoms with van der Waals surface area (Å²) in [6.45, 7) is 7.54. The van der Waals surface area contributed by atoms with Crippen molar-refractivity contribution in [2.24, 2.45) is 0 Å². The Hall–Kier alpha value is -3.31. The number of aromatic amines is 1. The number of nitrogens with one attached hydrogen (secondary N) is 1. The number of aryl methyl sites for hydroxylation is 1. The Kier molecular flexibility index (Phi) is 7.18. The summed E-state index contributed by atoms with van der Waals surface area (Å²) in [5.41, 5.74) is 0.713. The van der Waals surface area contributed by atoms with Crippen molar-refractivity contribution in [3.05, 3.63) is 54.0 Å². The van der Waals surface area contributed by atoms with Crippen LogP contribution in [0.2, 0.25) is 0 Å². The first kappa shape index (κ1) is 21.0. The molecule has 0 radical (unpaired) electrons. The lowest BCUT2D eigenvalue weighted by Crippen LogP contribution is -2.14. The fourth-order valence-corrected chi connectivity index (χ4v) is 1.96. The second kappa shape index (κ2) is 9.58. The topological polar surface area (TPSA) is 96.8 Å². The van der Waals surface area contributed by atoms with Gasteiger partial charge in [0.25, 0.3) is 0 Å². The second-order valence-corrected chi connectivity index (χ2v) is 6.20. The minimum absolute atomic E-state index is 0.496. The third-order valence-electron chi connectivity index (χ3n) is 3.18. The van der Waals surface area contributed by atoms with Crippen molar-refractivity contribution >= 4 is 0 Å². The van der Waals surface area contributed by atoms with Crippen LogP contribution in [0.15, 0.2) is 36.7 Å². The van der Waals surface area contributed by atoms with Gasteiger partial charge in [0.05, 0.1) is 6.61 Å². The molecule has 0 fully saturated rings. The van der Waals surface area contributed by atoms with E-state index in [4.69, 9.17) is 4.74 Å². The Balaban J connectivity index is 0.000000207. The molecule has 8 heteroatoms. The van der Waals surface area contributed by atoms with Crippen LogP contribution in [0.25, 0.3) is 11.5 Å². The molecular formula is C20H22FN5O2. The van der Waals surface area contributed by atoms with E-state index < -0.39 is 11.5 Å². The van der Waals surface area contributed by atoms with E-state index in [1.807, 2.05) is 13.8 Å². The average molecular weight is 383 g/mol. The number of imidazole rings is 1. The van der Waals surface area contributed by atoms with E-state index in [1.54, 1.807) is 44.4 Å². The second-order valence-electron chi connectivity index (χ2n) is 6.20. The van der Waals surface area contributed by atoms with E-state index in [9.17, 15) is 9.50 Å². The quantitative estimate of drug-likeness (QED) is 0.533. The molecule has 0 unspecified atom stereocenters. The van der Waals surface area contributed by atoms with Crippen molar-refractivity contribution < 1.29 is 14.2 Å². The van der Waals surface area contributed by atoms with Gasteiger partial charge in [-0.1, -0.05) is 12.0 Å². The third kappa shape index (κ3) is 6.78. The van der Waals surface area contributed by atoms with Crippen LogP contribution in [0, 0.1) is 24.7 Å². The van der Waals surface area contributed by atoms with Gasteiger partial charge in [0.1, 0.15) is 28.4 Å². The first-order valence-corrected chi connectivity index (χ1v) is 8.63. The Morgan fingerprint density at radius 1 is 1.29 bits per heavy atom. The van der Waals surface area contributed by atoms with Gasteiger partial charge < -0.3 is 14.8 Å². The molecular weight excluding hydrogens is 361 g/mol. The number of aliphatic hydroxyl groups is 1. The summed E-state index contributed by atoms with van der Waals surface area (Å²) in [4.78, 5) is 10.4. The van der Waals surface area contributed by atoms with Crippen LogP contribution in [-0.4, -0.2) is 42.5 Å². The molecule has 0 aliphatic heterocycles. The molecule has 0 bridgehead atoms. The van der Waals surface area contributed by atoms with Crippen molar-refractivity contribution in [3.8, 4) is 29.1 Å². The number of ether oxygens (including phenoxy) is 1. The van der Waals surface area contributed by atoms with Crippen molar-refractivity contribution in [2.75, 3.05) is 6.61 Å². The van der Waals surface area contributed by atoms with Crippen LogP contribution in [-0.2, 0) is 0 Å². The van der Waals surface area contributed by atoms with E-state index in [0.29, 0.717) is 29.6 Å². The van der Waals surface area contributed by atoms with Gasteiger partial charge in [0.15, 0.2) is 5.82 Å². The molecule has 3 aromatic heterocycles. The summed E-state index contributed by atoms with van der Waals surface area (Å²) in [6.07, 6.45) is 3.27. The number of hydrogen-bond acceptors (Lipinski definition) is 6. The van der Waals surface area contributed by atoms with Crippen LogP contribution < -0.4 is 4.74 Å². The summed E-state index contributed by atoms with van der Waals surface area (Å²) < 4.78 is 18.0. The summed E-state index contributed by atoms with van der Waals surface area (Å²) in [5, 5.41) is 17.3. The van der Waals surface area contributed by atoms with Crippen LogP contribution in [0.5, 0.6) is 5.75 Å². The van der Waals surface area contributed by atoms with Gasteiger partial charge in [0, 0.05) is 18.5 Å². The fourth-order valence-electron chi connectivity index (χ4n) is 1.96. The van der Waals surface area contributed by atoms with Gasteiger partial charge in [-0.05, 0) is 45.7 Å². The van der Waals surface area contributed by atoms with E-state index in [2.05, 4.69) is 37.0 Å². The molecule has 146 valence electrons. The minimum Gasteiger partial charge on any atom is -0.492 e. The standard InChI is InChI=1S/C12H16N2O2.C8H6FN3/c1-5-16-11-8-10(14-13-9(11)2)6-7-12(3,4)15;9-7-3-1-2-6(12-7)8-10-4-5-11-8/h8,15H,5H2,1-4H3;1-5H,(H,10,11). The van der Waals surface area contributed by atoms with E-state index in [1.165, 1.54) is 6.07 Å². The molecule has 3 aromatic rings. The maximum Gasteiger partial charge on any atom is 0.213 e. The highest BCUT2D eigenvalue weighted by molar-refractivity contribution is 5.47. The van der Waals surface area contributed by atoms with E-state index in [-0.39, 0.29) is 0 Å². The van der Waals surface area contributed by atoms with Crippen LogP contribution in [0.3, 0.4) is 0 Å². The average Bonchev–Trinajstić information content (AvgIpc) is 3.17. The molecule has 7 nitrogen and oxygen atoms in total. The zero-order chi connectivity index (χ0) is 20.6. The number of pyridine rings is 1. The Morgan fingerprint density at radius 3 is 2.68 bits per heavy atom. The number of hydrogen-bond donors (Lipinski definition) is 2. The van der Waals surface area contributed by atoms with Gasteiger partial charge in [-0.25, -0.2) is 9.97 Å². The zero-order valence-electron chi connectivity index (χ0n) is 16.2. The van der Waals surface area contributed by atoms with Crippen LogP contribution in [0.1, 0.15) is 32.2 Å². The highest BCUT2D eigenvalue weighted by Crippen LogP contribution is 2.15. The Labute approximate surface area is 163 Å². The fraction of sp³-hybridized carbons (Fsp3) is 0.300. The molecule has 3 rings (SSSR count). The predicted molar refractivity (Wildman–Crippen MR) is 103 cm³/mol. The summed E-state index contributed by atoms with van der Waals surface area (Å²) in [6, 6.07) is 6.32. The zero-order valence-corrected chi connectivity index (χ0v) is 16.2. The summed E-state index contributed by atoms with van der Waals surface area (Å²) in [5.74, 6) is 6.19. The molecule has 0 atom stereocenters. The van der Waals surface area contributed by atoms with E-state index >= 15 is 0 Å². The SMILES string of the molecule is CCOc1cc(C#CC(C)(C)O)nnc1C.Fc1cccc(-c2ncc[nH]2)n1. The Morgan fingerprint density at radius 2 is 2.07 bits per heavy atom. The largest absolute Gasteiger partial charge is 0.492 e. The monoisotopic (exact) mass is 383 g/mol. The van der Waals surface area contributed by atoms with Crippen molar-refractivity contribution in [3.63, 3.8) is 0 Å². The van der Waals surface area contributed by atoms with Crippen molar-refractivity contribution in [1.82, 2.24) is 25.1 Å². The van der Waals surface area contributed by atoms with Crippen LogP contribution >= 0.6 is 0 Å². The number of nitrogens with zero attached hydrogens (tertiary/aromatic N) is 4. The van der Waals surface area contributed by atoms with Crippen molar-refractivity contribution in [2.45, 2.75) is 33.3 Å². The molecule has 0 aromatic carbocycles. The lowest BCUT2D eigenvalue weighted by atomic mass is 10.1. The van der Waals surface area contributed by atoms with Gasteiger partial charge >= 0.3 is 0 Å². The number of aromatic nitrogens is 5. The van der Waals surface area contributed by atoms with Crippen LogP contribution in [0.4, 0.5) is 4.39 Å². The molecule has 3 heterocycles. The molecule has 2 N–H and O–H groups in total. The third-order valence-corrected chi connectivity index (χ3v) is 3.18. The minimum atomic E-state index is -1.03. The molecule has 0 saturated carbocycles. The molecule has 0 amide bonds. The summed E-state index contributed by atoms with van der Waals surface area (Å²) >= 11 is 0. The lowest BCUT2D eigenvalue weighted by Gasteiger charge is -2.07. The molecule has 0 saturated heterocycles. The normalized spacial score (nSPS) is 10.4. The molecule has 28 heavy (non-hydrogen) atoms. The van der Waals surface area contributed by atoms with Gasteiger partial charge in [0.2, 0.25) is 5.95 Å². The smallest absolute Gasteiger partial charge is 0.213 e. The van der Waals surface area contributed by atoms with Crippen molar-refractivity contribution in [1.29, 1.82) is 0 Å². The maximum absolute atomic E-state index is 12.6. The molecule has 0 aliphatic carbocycles. The number of H-pyrrole nitrogens is 1. The maximum atomic E-state index is 12.6. The number of halogens is 1. The first-order chi connectivity index (χ1) is 13.3. The molecule has 0 spiro atoms. The lowest BCUT2D eigenvalue weighted by molar-refractivity contribution is 0.143. The van der Waals surface area contributed by atoms with Gasteiger partial charge in [-0.3, -0.25) is 0 Å². The first-order valence-electron chi connectivity index (χ1n) is 8.63. The summed E-state index contributed by atoms with van der Waals surface area (Å²) in [7, 11) is 0. The predicted octanol–water partition coefficient (Wildman–Crippen LogP) is 2.92. The highest BCUT2D eigenvalue weighted by atomic mass is 19.1. The van der Waals surface area contributed by atoms with Gasteiger partial charge in [-0.2, -0.15) is 9.49 Å². The molecule has 0 aliphatic rings. The highest BCUT2D eigenvalue weighted by Gasteiger charge is 2.07. The Bertz CT molecular complexity index is 957.